The predicted molar refractivity (Wildman–Crippen MR) is 111 cm³/mol. The molecule has 0 aliphatic heterocycles. The molecule has 0 fully saturated rings. The Balaban J connectivity index is 1.37. The van der Waals surface area contributed by atoms with Gasteiger partial charge in [-0.1, -0.05) is 36.4 Å². The molecule has 4 aromatic rings. The molecule has 2 aromatic heterocycles. The van der Waals surface area contributed by atoms with E-state index in [-0.39, 0.29) is 5.91 Å². The van der Waals surface area contributed by atoms with Gasteiger partial charge in [-0.2, -0.15) is 0 Å². The fourth-order valence-electron chi connectivity index (χ4n) is 3.21. The number of pyridine rings is 1. The number of imidazole rings is 1. The lowest BCUT2D eigenvalue weighted by Crippen LogP contribution is -2.22. The molecular formula is C23H22N4O. The van der Waals surface area contributed by atoms with Crippen LogP contribution in [0, 0.1) is 6.92 Å². The maximum atomic E-state index is 12.3. The first-order valence-corrected chi connectivity index (χ1v) is 9.29. The van der Waals surface area contributed by atoms with E-state index in [2.05, 4.69) is 33.0 Å². The molecule has 0 aliphatic carbocycles. The topological polar surface area (TPSA) is 58.4 Å². The zero-order valence-corrected chi connectivity index (χ0v) is 15.7. The van der Waals surface area contributed by atoms with E-state index < -0.39 is 0 Å². The van der Waals surface area contributed by atoms with E-state index in [1.807, 2.05) is 72.9 Å². The molecule has 0 saturated carbocycles. The Labute approximate surface area is 164 Å². The zero-order valence-electron chi connectivity index (χ0n) is 15.7. The monoisotopic (exact) mass is 370 g/mol. The molecule has 1 amide bonds. The summed E-state index contributed by atoms with van der Waals surface area (Å²) in [4.78, 5) is 16.8. The van der Waals surface area contributed by atoms with Crippen LogP contribution >= 0.6 is 0 Å². The molecular weight excluding hydrogens is 348 g/mol. The van der Waals surface area contributed by atoms with Crippen molar-refractivity contribution in [3.8, 4) is 0 Å². The summed E-state index contributed by atoms with van der Waals surface area (Å²) in [6, 6.07) is 23.5. The first-order valence-electron chi connectivity index (χ1n) is 9.29. The molecule has 2 heterocycles. The minimum atomic E-state index is -0.0761. The Hall–Kier alpha value is -3.60. The fraction of sp³-hybridized carbons (Fsp3) is 0.130. The molecule has 0 aliphatic rings. The van der Waals surface area contributed by atoms with Gasteiger partial charge in [0.25, 0.3) is 5.91 Å². The number of hydrogen-bond acceptors (Lipinski definition) is 3. The SMILES string of the molecule is Cc1cccc2ncc(CNc3ccc(C(=O)NCc4ccccc4)cc3)n12. The standard InChI is InChI=1S/C23H22N4O/c1-17-6-5-9-22-25-16-21(27(17)22)15-24-20-12-10-19(11-13-20)23(28)26-14-18-7-3-2-4-8-18/h2-13,16,24H,14-15H2,1H3,(H,26,28). The highest BCUT2D eigenvalue weighted by atomic mass is 16.1. The maximum absolute atomic E-state index is 12.3. The number of carbonyl (C=O) groups is 1. The van der Waals surface area contributed by atoms with Crippen molar-refractivity contribution in [3.05, 3.63) is 102 Å². The van der Waals surface area contributed by atoms with Crippen LogP contribution in [-0.2, 0) is 13.1 Å². The van der Waals surface area contributed by atoms with E-state index in [1.165, 1.54) is 0 Å². The van der Waals surface area contributed by atoms with Crippen LogP contribution < -0.4 is 10.6 Å². The Morgan fingerprint density at radius 3 is 2.50 bits per heavy atom. The first-order chi connectivity index (χ1) is 13.7. The number of aromatic nitrogens is 2. The number of nitrogens with zero attached hydrogens (tertiary/aromatic N) is 2. The van der Waals surface area contributed by atoms with Crippen LogP contribution in [0.25, 0.3) is 5.65 Å². The summed E-state index contributed by atoms with van der Waals surface area (Å²) in [5.74, 6) is -0.0761. The van der Waals surface area contributed by atoms with Crippen LogP contribution in [0.4, 0.5) is 5.69 Å². The largest absolute Gasteiger partial charge is 0.379 e. The number of benzene rings is 2. The second-order valence-corrected chi connectivity index (χ2v) is 6.71. The van der Waals surface area contributed by atoms with Gasteiger partial charge in [0.05, 0.1) is 18.4 Å². The summed E-state index contributed by atoms with van der Waals surface area (Å²) in [6.45, 7) is 3.25. The molecule has 0 saturated heterocycles. The third kappa shape index (κ3) is 3.88. The first kappa shape index (κ1) is 17.8. The van der Waals surface area contributed by atoms with Crippen molar-refractivity contribution in [1.29, 1.82) is 0 Å². The zero-order chi connectivity index (χ0) is 19.3. The van der Waals surface area contributed by atoms with Gasteiger partial charge in [0.2, 0.25) is 0 Å². The van der Waals surface area contributed by atoms with E-state index in [1.54, 1.807) is 0 Å². The van der Waals surface area contributed by atoms with Gasteiger partial charge in [-0.25, -0.2) is 4.98 Å². The summed E-state index contributed by atoms with van der Waals surface area (Å²) in [6.07, 6.45) is 1.89. The third-order valence-electron chi connectivity index (χ3n) is 4.71. The summed E-state index contributed by atoms with van der Waals surface area (Å²) in [7, 11) is 0. The predicted octanol–water partition coefficient (Wildman–Crippen LogP) is 4.18. The summed E-state index contributed by atoms with van der Waals surface area (Å²) in [5.41, 5.74) is 5.88. The average Bonchev–Trinajstić information content (AvgIpc) is 3.16. The van der Waals surface area contributed by atoms with Gasteiger partial charge in [0, 0.05) is 23.5 Å². The van der Waals surface area contributed by atoms with Gasteiger partial charge in [-0.3, -0.25) is 9.20 Å². The molecule has 28 heavy (non-hydrogen) atoms. The van der Waals surface area contributed by atoms with Crippen molar-refractivity contribution in [2.24, 2.45) is 0 Å². The van der Waals surface area contributed by atoms with Crippen molar-refractivity contribution in [1.82, 2.24) is 14.7 Å². The molecule has 5 nitrogen and oxygen atoms in total. The summed E-state index contributed by atoms with van der Waals surface area (Å²) in [5, 5.41) is 6.34. The van der Waals surface area contributed by atoms with Gasteiger partial charge in [-0.05, 0) is 48.9 Å². The Morgan fingerprint density at radius 1 is 0.929 bits per heavy atom. The molecule has 0 spiro atoms. The van der Waals surface area contributed by atoms with Gasteiger partial charge < -0.3 is 10.6 Å². The highest BCUT2D eigenvalue weighted by Crippen LogP contribution is 2.14. The van der Waals surface area contributed by atoms with Crippen LogP contribution in [0.15, 0.2) is 79.0 Å². The van der Waals surface area contributed by atoms with Gasteiger partial charge in [0.1, 0.15) is 5.65 Å². The van der Waals surface area contributed by atoms with E-state index >= 15 is 0 Å². The quantitative estimate of drug-likeness (QED) is 0.535. The lowest BCUT2D eigenvalue weighted by molar-refractivity contribution is 0.0951. The second kappa shape index (κ2) is 7.96. The highest BCUT2D eigenvalue weighted by Gasteiger charge is 2.07. The Bertz CT molecular complexity index is 1080. The van der Waals surface area contributed by atoms with E-state index in [9.17, 15) is 4.79 Å². The number of fused-ring (bicyclic) bond motifs is 1. The molecule has 4 rings (SSSR count). The highest BCUT2D eigenvalue weighted by molar-refractivity contribution is 5.94. The molecule has 5 heteroatoms. The molecule has 140 valence electrons. The van der Waals surface area contributed by atoms with Crippen molar-refractivity contribution < 1.29 is 4.79 Å². The van der Waals surface area contributed by atoms with Gasteiger partial charge in [-0.15, -0.1) is 0 Å². The number of aryl methyl sites for hydroxylation is 1. The second-order valence-electron chi connectivity index (χ2n) is 6.71. The minimum Gasteiger partial charge on any atom is -0.379 e. The number of nitrogens with one attached hydrogen (secondary N) is 2. The molecule has 0 unspecified atom stereocenters. The molecule has 0 atom stereocenters. The minimum absolute atomic E-state index is 0.0761. The van der Waals surface area contributed by atoms with E-state index in [0.717, 1.165) is 28.3 Å². The van der Waals surface area contributed by atoms with Crippen molar-refractivity contribution in [2.45, 2.75) is 20.0 Å². The van der Waals surface area contributed by atoms with Crippen molar-refractivity contribution >= 4 is 17.2 Å². The van der Waals surface area contributed by atoms with Gasteiger partial charge in [0.15, 0.2) is 0 Å². The third-order valence-corrected chi connectivity index (χ3v) is 4.71. The number of anilines is 1. The molecule has 2 N–H and O–H groups in total. The number of amides is 1. The van der Waals surface area contributed by atoms with Crippen molar-refractivity contribution in [2.75, 3.05) is 5.32 Å². The van der Waals surface area contributed by atoms with Crippen LogP contribution in [-0.4, -0.2) is 15.3 Å². The summed E-state index contributed by atoms with van der Waals surface area (Å²) >= 11 is 0. The maximum Gasteiger partial charge on any atom is 0.251 e. The summed E-state index contributed by atoms with van der Waals surface area (Å²) < 4.78 is 2.14. The Morgan fingerprint density at radius 2 is 1.71 bits per heavy atom. The lowest BCUT2D eigenvalue weighted by Gasteiger charge is -2.09. The smallest absolute Gasteiger partial charge is 0.251 e. The molecule has 2 aromatic carbocycles. The lowest BCUT2D eigenvalue weighted by atomic mass is 10.1. The number of rotatable bonds is 6. The fourth-order valence-corrected chi connectivity index (χ4v) is 3.21. The van der Waals surface area contributed by atoms with Crippen LogP contribution in [0.1, 0.15) is 27.3 Å². The van der Waals surface area contributed by atoms with E-state index in [4.69, 9.17) is 0 Å². The molecule has 0 radical (unpaired) electrons. The van der Waals surface area contributed by atoms with E-state index in [0.29, 0.717) is 18.7 Å². The number of carbonyl (C=O) groups excluding carboxylic acids is 1. The average molecular weight is 370 g/mol. The molecule has 0 bridgehead atoms. The Kier molecular flexibility index (Phi) is 5.06. The number of hydrogen-bond donors (Lipinski definition) is 2. The van der Waals surface area contributed by atoms with Gasteiger partial charge >= 0.3 is 0 Å². The van der Waals surface area contributed by atoms with Crippen molar-refractivity contribution in [3.63, 3.8) is 0 Å². The van der Waals surface area contributed by atoms with Crippen LogP contribution in [0.3, 0.4) is 0 Å². The van der Waals surface area contributed by atoms with Crippen LogP contribution in [0.2, 0.25) is 0 Å². The normalized spacial score (nSPS) is 10.8. The van der Waals surface area contributed by atoms with Crippen LogP contribution in [0.5, 0.6) is 0 Å².